The topological polar surface area (TPSA) is 162 Å². The molecule has 2 heterocycles. The van der Waals surface area contributed by atoms with Crippen molar-refractivity contribution in [2.45, 2.75) is 24.4 Å². The minimum Gasteiger partial charge on any atom is -0.478 e. The Morgan fingerprint density at radius 1 is 0.913 bits per heavy atom. The molecule has 2 amide bonds. The highest BCUT2D eigenvalue weighted by Crippen LogP contribution is 2.38. The van der Waals surface area contributed by atoms with Gasteiger partial charge in [0.15, 0.2) is 0 Å². The van der Waals surface area contributed by atoms with Crippen LogP contribution in [-0.2, 0) is 29.0 Å². The van der Waals surface area contributed by atoms with Gasteiger partial charge < -0.3 is 25.6 Å². The average molecular weight is 660 g/mol. The summed E-state index contributed by atoms with van der Waals surface area (Å²) >= 11 is 2.59. The number of carbonyl (C=O) groups is 5. The molecule has 4 N–H and O–H groups in total. The number of aromatic carboxylic acids is 2. The Hall–Kier alpha value is -4.98. The molecule has 1 aliphatic heterocycles. The van der Waals surface area contributed by atoms with E-state index in [-0.39, 0.29) is 22.8 Å². The first-order chi connectivity index (χ1) is 22.1. The van der Waals surface area contributed by atoms with Gasteiger partial charge in [-0.15, -0.1) is 23.1 Å². The molecule has 0 aliphatic carbocycles. The second-order valence-corrected chi connectivity index (χ2v) is 12.5. The van der Waals surface area contributed by atoms with Crippen molar-refractivity contribution in [2.24, 2.45) is 0 Å². The van der Waals surface area contributed by atoms with Crippen molar-refractivity contribution >= 4 is 63.5 Å². The van der Waals surface area contributed by atoms with Crippen molar-refractivity contribution < 1.29 is 38.9 Å². The number of hydrogen-bond donors (Lipinski definition) is 4. The van der Waals surface area contributed by atoms with Crippen molar-refractivity contribution in [1.29, 1.82) is 0 Å². The predicted molar refractivity (Wildman–Crippen MR) is 174 cm³/mol. The molecule has 1 aliphatic rings. The van der Waals surface area contributed by atoms with Crippen molar-refractivity contribution in [2.75, 3.05) is 30.0 Å². The molecule has 0 saturated carbocycles. The van der Waals surface area contributed by atoms with Crippen LogP contribution >= 0.6 is 23.1 Å². The number of nitrogens with one attached hydrogen (secondary N) is 2. The summed E-state index contributed by atoms with van der Waals surface area (Å²) in [6.45, 7) is 2.20. The predicted octanol–water partition coefficient (Wildman–Crippen LogP) is 5.47. The summed E-state index contributed by atoms with van der Waals surface area (Å²) in [5, 5.41) is 24.6. The van der Waals surface area contributed by atoms with Gasteiger partial charge in [-0.25, -0.2) is 14.4 Å². The Bertz CT molecular complexity index is 1820. The molecule has 0 unspecified atom stereocenters. The maximum atomic E-state index is 13.0. The fourth-order valence-electron chi connectivity index (χ4n) is 5.06. The molecule has 0 radical (unpaired) electrons. The van der Waals surface area contributed by atoms with Crippen molar-refractivity contribution in [3.05, 3.63) is 111 Å². The van der Waals surface area contributed by atoms with Crippen LogP contribution in [0.3, 0.4) is 0 Å². The summed E-state index contributed by atoms with van der Waals surface area (Å²) in [6, 6.07) is 20.0. The van der Waals surface area contributed by atoms with E-state index in [0.717, 1.165) is 41.7 Å². The molecule has 0 fully saturated rings. The zero-order chi connectivity index (χ0) is 32.8. The molecule has 4 aromatic rings. The van der Waals surface area contributed by atoms with Crippen LogP contribution in [0.25, 0.3) is 0 Å². The zero-order valence-electron chi connectivity index (χ0n) is 24.6. The number of thioether (sulfide) groups is 1. The number of benzene rings is 3. The molecule has 0 saturated heterocycles. The standard InChI is InChI=1S/C33H29N3O8S2/c1-44-33(43)28-24-12-13-36(16-19-6-3-2-4-7-19)17-26(24)46-30(28)35-27(37)18-45-22-9-5-8-21(15-22)34-29(38)23-11-10-20(31(39)40)14-25(23)32(41)42/h2-11,14-15H,12-13,16-18H2,1H3,(H,34,38)(H,35,37)(H,39,40)(H,41,42). The molecule has 0 spiro atoms. The third kappa shape index (κ3) is 7.62. The molecule has 0 atom stereocenters. The summed E-state index contributed by atoms with van der Waals surface area (Å²) < 4.78 is 5.05. The minimum absolute atomic E-state index is 0.0144. The third-order valence-electron chi connectivity index (χ3n) is 7.23. The summed E-state index contributed by atoms with van der Waals surface area (Å²) in [5.41, 5.74) is 1.95. The number of ether oxygens (including phenoxy) is 1. The Morgan fingerprint density at radius 3 is 2.41 bits per heavy atom. The Kier molecular flexibility index (Phi) is 10.2. The van der Waals surface area contributed by atoms with Gasteiger partial charge in [0.2, 0.25) is 5.91 Å². The van der Waals surface area contributed by atoms with Gasteiger partial charge in [-0.1, -0.05) is 36.4 Å². The normalized spacial score (nSPS) is 12.5. The van der Waals surface area contributed by atoms with E-state index >= 15 is 0 Å². The van der Waals surface area contributed by atoms with E-state index in [1.54, 1.807) is 24.3 Å². The SMILES string of the molecule is COC(=O)c1c(NC(=O)CSc2cccc(NC(=O)c3ccc(C(=O)O)cc3C(=O)O)c2)sc2c1CCN(Cc1ccccc1)C2. The average Bonchev–Trinajstić information content (AvgIpc) is 3.40. The zero-order valence-corrected chi connectivity index (χ0v) is 26.2. The van der Waals surface area contributed by atoms with Crippen LogP contribution in [0.1, 0.15) is 57.4 Å². The number of carboxylic acid groups (broad SMARTS) is 2. The lowest BCUT2D eigenvalue weighted by atomic mass is 10.0. The van der Waals surface area contributed by atoms with Crippen molar-refractivity contribution in [1.82, 2.24) is 4.90 Å². The van der Waals surface area contributed by atoms with Crippen LogP contribution in [0.5, 0.6) is 0 Å². The minimum atomic E-state index is -1.44. The third-order valence-corrected chi connectivity index (χ3v) is 9.36. The number of carbonyl (C=O) groups excluding carboxylic acids is 3. The fraction of sp³-hybridized carbons (Fsp3) is 0.182. The van der Waals surface area contributed by atoms with Gasteiger partial charge in [-0.3, -0.25) is 14.5 Å². The van der Waals surface area contributed by atoms with E-state index in [9.17, 15) is 29.1 Å². The van der Waals surface area contributed by atoms with Gasteiger partial charge in [0.25, 0.3) is 5.91 Å². The van der Waals surface area contributed by atoms with Gasteiger partial charge in [0.05, 0.1) is 35.1 Å². The monoisotopic (exact) mass is 659 g/mol. The molecule has 236 valence electrons. The first-order valence-corrected chi connectivity index (χ1v) is 15.9. The van der Waals surface area contributed by atoms with Gasteiger partial charge >= 0.3 is 17.9 Å². The smallest absolute Gasteiger partial charge is 0.341 e. The number of nitrogens with zero attached hydrogens (tertiary/aromatic N) is 1. The molecular weight excluding hydrogens is 631 g/mol. The van der Waals surface area contributed by atoms with Crippen molar-refractivity contribution in [3.63, 3.8) is 0 Å². The maximum absolute atomic E-state index is 13.0. The molecule has 13 heteroatoms. The van der Waals surface area contributed by atoms with Crippen LogP contribution in [-0.4, -0.2) is 64.2 Å². The number of fused-ring (bicyclic) bond motifs is 1. The highest BCUT2D eigenvalue weighted by atomic mass is 32.2. The number of anilines is 2. The first kappa shape index (κ1) is 32.4. The van der Waals surface area contributed by atoms with Crippen LogP contribution in [0, 0.1) is 0 Å². The van der Waals surface area contributed by atoms with Crippen LogP contribution in [0.15, 0.2) is 77.7 Å². The van der Waals surface area contributed by atoms with Gasteiger partial charge in [-0.05, 0) is 53.9 Å². The largest absolute Gasteiger partial charge is 0.478 e. The molecule has 46 heavy (non-hydrogen) atoms. The van der Waals surface area contributed by atoms with Crippen molar-refractivity contribution in [3.8, 4) is 0 Å². The number of esters is 1. The summed E-state index contributed by atoms with van der Waals surface area (Å²) in [7, 11) is 1.32. The van der Waals surface area contributed by atoms with E-state index in [0.29, 0.717) is 34.1 Å². The second-order valence-electron chi connectivity index (χ2n) is 10.3. The molecule has 0 bridgehead atoms. The lowest BCUT2D eigenvalue weighted by molar-refractivity contribution is -0.113. The number of rotatable bonds is 11. The molecule has 5 rings (SSSR count). The summed E-state index contributed by atoms with van der Waals surface area (Å²) in [4.78, 5) is 65.5. The fourth-order valence-corrected chi connectivity index (χ4v) is 7.11. The lowest BCUT2D eigenvalue weighted by Crippen LogP contribution is -2.29. The number of thiophene rings is 1. The Labute approximate surface area is 272 Å². The van der Waals surface area contributed by atoms with Crippen LogP contribution in [0.2, 0.25) is 0 Å². The van der Waals surface area contributed by atoms with Crippen LogP contribution in [0.4, 0.5) is 10.7 Å². The first-order valence-electron chi connectivity index (χ1n) is 14.1. The summed E-state index contributed by atoms with van der Waals surface area (Å²) in [6.07, 6.45) is 0.657. The number of hydrogen-bond acceptors (Lipinski definition) is 9. The van der Waals surface area contributed by atoms with E-state index in [2.05, 4.69) is 27.7 Å². The Balaban J connectivity index is 1.23. The molecule has 3 aromatic carbocycles. The quantitative estimate of drug-likeness (QED) is 0.120. The maximum Gasteiger partial charge on any atom is 0.341 e. The van der Waals surface area contributed by atoms with Crippen LogP contribution < -0.4 is 10.6 Å². The number of amides is 2. The Morgan fingerprint density at radius 2 is 1.70 bits per heavy atom. The van der Waals surface area contributed by atoms with E-state index in [4.69, 9.17) is 9.84 Å². The van der Waals surface area contributed by atoms with E-state index in [1.165, 1.54) is 35.8 Å². The van der Waals surface area contributed by atoms with E-state index in [1.807, 2.05) is 18.2 Å². The van der Waals surface area contributed by atoms with Gasteiger partial charge in [-0.2, -0.15) is 0 Å². The molecule has 11 nitrogen and oxygen atoms in total. The van der Waals surface area contributed by atoms with E-state index < -0.39 is 29.4 Å². The lowest BCUT2D eigenvalue weighted by Gasteiger charge is -2.27. The second kappa shape index (κ2) is 14.4. The molecule has 1 aromatic heterocycles. The summed E-state index contributed by atoms with van der Waals surface area (Å²) in [5.74, 6) is -4.28. The number of methoxy groups -OCH3 is 1. The highest BCUT2D eigenvalue weighted by molar-refractivity contribution is 8.00. The molecular formula is C33H29N3O8S2. The van der Waals surface area contributed by atoms with Gasteiger partial charge in [0.1, 0.15) is 5.00 Å². The van der Waals surface area contributed by atoms with Gasteiger partial charge in [0, 0.05) is 35.1 Å². The highest BCUT2D eigenvalue weighted by Gasteiger charge is 2.29. The number of carboxylic acids is 2.